The van der Waals surface area contributed by atoms with Gasteiger partial charge in [-0.05, 0) is 48.7 Å². The number of hydrogen-bond acceptors (Lipinski definition) is 2. The zero-order chi connectivity index (χ0) is 14.0. The first-order valence-electron chi connectivity index (χ1n) is 6.00. The SMILES string of the molecule is Cc1cc(F)cc(C(NN)c2ccc(C)cc2F)c1. The highest BCUT2D eigenvalue weighted by Gasteiger charge is 2.17. The average Bonchev–Trinajstić information content (AvgIpc) is 2.31. The van der Waals surface area contributed by atoms with Gasteiger partial charge in [0.1, 0.15) is 11.6 Å². The third-order valence-corrected chi connectivity index (χ3v) is 3.03. The molecule has 0 saturated heterocycles. The Bertz CT molecular complexity index is 576. The minimum Gasteiger partial charge on any atom is -0.271 e. The van der Waals surface area contributed by atoms with Crippen molar-refractivity contribution in [2.75, 3.05) is 0 Å². The third-order valence-electron chi connectivity index (χ3n) is 3.03. The molecule has 19 heavy (non-hydrogen) atoms. The Morgan fingerprint density at radius 2 is 1.74 bits per heavy atom. The van der Waals surface area contributed by atoms with E-state index in [0.29, 0.717) is 11.1 Å². The van der Waals surface area contributed by atoms with Crippen molar-refractivity contribution in [3.8, 4) is 0 Å². The van der Waals surface area contributed by atoms with Crippen molar-refractivity contribution in [3.05, 3.63) is 70.3 Å². The molecule has 2 rings (SSSR count). The molecule has 2 aromatic rings. The molecule has 0 aliphatic heterocycles. The molecular weight excluding hydrogens is 246 g/mol. The zero-order valence-electron chi connectivity index (χ0n) is 10.9. The zero-order valence-corrected chi connectivity index (χ0v) is 10.9. The summed E-state index contributed by atoms with van der Waals surface area (Å²) in [4.78, 5) is 0. The smallest absolute Gasteiger partial charge is 0.128 e. The number of halogens is 2. The van der Waals surface area contributed by atoms with Crippen LogP contribution in [0.15, 0.2) is 36.4 Å². The molecule has 4 heteroatoms. The van der Waals surface area contributed by atoms with Crippen LogP contribution in [-0.4, -0.2) is 0 Å². The van der Waals surface area contributed by atoms with Crippen molar-refractivity contribution < 1.29 is 8.78 Å². The fraction of sp³-hybridized carbons (Fsp3) is 0.200. The van der Waals surface area contributed by atoms with E-state index in [1.165, 1.54) is 18.2 Å². The summed E-state index contributed by atoms with van der Waals surface area (Å²) >= 11 is 0. The summed E-state index contributed by atoms with van der Waals surface area (Å²) < 4.78 is 27.4. The summed E-state index contributed by atoms with van der Waals surface area (Å²) in [6.45, 7) is 3.59. The first kappa shape index (κ1) is 13.6. The summed E-state index contributed by atoms with van der Waals surface area (Å²) in [5.74, 6) is 4.79. The van der Waals surface area contributed by atoms with Crippen molar-refractivity contribution in [2.24, 2.45) is 5.84 Å². The van der Waals surface area contributed by atoms with Gasteiger partial charge in [0, 0.05) is 5.56 Å². The summed E-state index contributed by atoms with van der Waals surface area (Å²) in [6, 6.07) is 8.89. The second-order valence-corrected chi connectivity index (χ2v) is 4.69. The number of rotatable bonds is 3. The number of hydrazine groups is 1. The van der Waals surface area contributed by atoms with E-state index in [9.17, 15) is 8.78 Å². The van der Waals surface area contributed by atoms with E-state index in [2.05, 4.69) is 5.43 Å². The maximum absolute atomic E-state index is 14.0. The molecule has 1 atom stereocenters. The van der Waals surface area contributed by atoms with Gasteiger partial charge in [0.25, 0.3) is 0 Å². The molecule has 100 valence electrons. The molecule has 0 saturated carbocycles. The summed E-state index contributed by atoms with van der Waals surface area (Å²) in [5, 5.41) is 0. The van der Waals surface area contributed by atoms with Gasteiger partial charge in [-0.2, -0.15) is 0 Å². The maximum atomic E-state index is 14.0. The number of hydrogen-bond donors (Lipinski definition) is 2. The van der Waals surface area contributed by atoms with Gasteiger partial charge in [-0.15, -0.1) is 0 Å². The maximum Gasteiger partial charge on any atom is 0.128 e. The second-order valence-electron chi connectivity index (χ2n) is 4.69. The van der Waals surface area contributed by atoms with E-state index in [-0.39, 0.29) is 11.6 Å². The van der Waals surface area contributed by atoms with Crippen LogP contribution in [0, 0.1) is 25.5 Å². The topological polar surface area (TPSA) is 38.0 Å². The van der Waals surface area contributed by atoms with Gasteiger partial charge in [0.2, 0.25) is 0 Å². The van der Waals surface area contributed by atoms with Gasteiger partial charge in [-0.25, -0.2) is 14.2 Å². The molecule has 2 nitrogen and oxygen atoms in total. The summed E-state index contributed by atoms with van der Waals surface area (Å²) in [5.41, 5.74) is 5.14. The summed E-state index contributed by atoms with van der Waals surface area (Å²) in [6.07, 6.45) is 0. The molecule has 0 aliphatic carbocycles. The Morgan fingerprint density at radius 3 is 2.32 bits per heavy atom. The Labute approximate surface area is 111 Å². The normalized spacial score (nSPS) is 12.5. The molecular formula is C15H16F2N2. The predicted octanol–water partition coefficient (Wildman–Crippen LogP) is 3.13. The van der Waals surface area contributed by atoms with Crippen molar-refractivity contribution in [1.82, 2.24) is 5.43 Å². The molecule has 1 unspecified atom stereocenters. The lowest BCUT2D eigenvalue weighted by molar-refractivity contribution is 0.554. The highest BCUT2D eigenvalue weighted by atomic mass is 19.1. The minimum absolute atomic E-state index is 0.357. The van der Waals surface area contributed by atoms with Crippen LogP contribution >= 0.6 is 0 Å². The van der Waals surface area contributed by atoms with Gasteiger partial charge >= 0.3 is 0 Å². The molecule has 0 spiro atoms. The highest BCUT2D eigenvalue weighted by molar-refractivity contribution is 5.36. The Balaban J connectivity index is 2.49. The van der Waals surface area contributed by atoms with E-state index < -0.39 is 6.04 Å². The molecule has 0 bridgehead atoms. The molecule has 2 aromatic carbocycles. The van der Waals surface area contributed by atoms with Crippen LogP contribution in [0.1, 0.15) is 28.3 Å². The van der Waals surface area contributed by atoms with Crippen LogP contribution in [0.25, 0.3) is 0 Å². The molecule has 0 aromatic heterocycles. The molecule has 0 heterocycles. The van der Waals surface area contributed by atoms with Crippen molar-refractivity contribution in [1.29, 1.82) is 0 Å². The average molecular weight is 262 g/mol. The van der Waals surface area contributed by atoms with E-state index in [0.717, 1.165) is 11.1 Å². The van der Waals surface area contributed by atoms with Gasteiger partial charge in [-0.1, -0.05) is 18.2 Å². The van der Waals surface area contributed by atoms with Crippen molar-refractivity contribution in [2.45, 2.75) is 19.9 Å². The minimum atomic E-state index is -0.574. The second kappa shape index (κ2) is 5.47. The van der Waals surface area contributed by atoms with Crippen LogP contribution in [0.4, 0.5) is 8.78 Å². The lowest BCUT2D eigenvalue weighted by Gasteiger charge is -2.18. The molecule has 0 radical (unpaired) electrons. The standard InChI is InChI=1S/C15H16F2N2/c1-9-3-4-13(14(17)7-9)15(19-18)11-5-10(2)6-12(16)8-11/h3-8,15,19H,18H2,1-2H3. The number of aryl methyl sites for hydroxylation is 2. The number of nitrogens with one attached hydrogen (secondary N) is 1. The molecule has 0 fully saturated rings. The summed E-state index contributed by atoms with van der Waals surface area (Å²) in [7, 11) is 0. The fourth-order valence-corrected chi connectivity index (χ4v) is 2.16. The number of benzene rings is 2. The highest BCUT2D eigenvalue weighted by Crippen LogP contribution is 2.25. The predicted molar refractivity (Wildman–Crippen MR) is 71.4 cm³/mol. The van der Waals surface area contributed by atoms with Crippen LogP contribution in [0.2, 0.25) is 0 Å². The first-order chi connectivity index (χ1) is 9.01. The first-order valence-corrected chi connectivity index (χ1v) is 6.00. The van der Waals surface area contributed by atoms with Crippen LogP contribution < -0.4 is 11.3 Å². The monoisotopic (exact) mass is 262 g/mol. The molecule has 0 amide bonds. The van der Waals surface area contributed by atoms with Gasteiger partial charge in [-0.3, -0.25) is 5.84 Å². The third kappa shape index (κ3) is 2.97. The van der Waals surface area contributed by atoms with Crippen LogP contribution in [-0.2, 0) is 0 Å². The Hall–Kier alpha value is -1.78. The van der Waals surface area contributed by atoms with Gasteiger partial charge in [0.15, 0.2) is 0 Å². The lowest BCUT2D eigenvalue weighted by atomic mass is 9.96. The quantitative estimate of drug-likeness (QED) is 0.658. The van der Waals surface area contributed by atoms with Gasteiger partial charge < -0.3 is 0 Å². The largest absolute Gasteiger partial charge is 0.271 e. The molecule has 0 aliphatic rings. The Kier molecular flexibility index (Phi) is 3.93. The van der Waals surface area contributed by atoms with E-state index in [1.54, 1.807) is 25.1 Å². The fourth-order valence-electron chi connectivity index (χ4n) is 2.16. The van der Waals surface area contributed by atoms with E-state index in [1.807, 2.05) is 6.92 Å². The van der Waals surface area contributed by atoms with E-state index >= 15 is 0 Å². The molecule has 3 N–H and O–H groups in total. The van der Waals surface area contributed by atoms with Crippen molar-refractivity contribution in [3.63, 3.8) is 0 Å². The lowest BCUT2D eigenvalue weighted by Crippen LogP contribution is -2.29. The van der Waals surface area contributed by atoms with Crippen LogP contribution in [0.3, 0.4) is 0 Å². The van der Waals surface area contributed by atoms with Crippen LogP contribution in [0.5, 0.6) is 0 Å². The van der Waals surface area contributed by atoms with E-state index in [4.69, 9.17) is 5.84 Å². The van der Waals surface area contributed by atoms with Crippen molar-refractivity contribution >= 4 is 0 Å². The van der Waals surface area contributed by atoms with Gasteiger partial charge in [0.05, 0.1) is 6.04 Å². The number of nitrogens with two attached hydrogens (primary N) is 1. The Morgan fingerprint density at radius 1 is 1.00 bits per heavy atom.